The number of hydrogen-bond donors (Lipinski definition) is 1. The molecular weight excluding hydrogens is 321 g/mol. The molecule has 0 spiro atoms. The molecule has 1 saturated heterocycles. The van der Waals surface area contributed by atoms with E-state index < -0.39 is 15.8 Å². The highest BCUT2D eigenvalue weighted by atomic mass is 32.2. The largest absolute Gasteiger partial charge is 0.346 e. The molecule has 5 nitrogen and oxygen atoms in total. The van der Waals surface area contributed by atoms with Crippen LogP contribution in [0.15, 0.2) is 48.5 Å². The Morgan fingerprint density at radius 1 is 1.00 bits per heavy atom. The molecule has 0 atom stereocenters. The highest BCUT2D eigenvalue weighted by Crippen LogP contribution is 2.24. The van der Waals surface area contributed by atoms with E-state index in [2.05, 4.69) is 4.72 Å². The fourth-order valence-electron chi connectivity index (χ4n) is 2.27. The van der Waals surface area contributed by atoms with E-state index in [0.29, 0.717) is 24.5 Å². The smallest absolute Gasteiger partial charge is 0.236 e. The first-order valence-corrected chi connectivity index (χ1v) is 8.75. The van der Waals surface area contributed by atoms with Crippen LogP contribution in [0.25, 0.3) is 0 Å². The normalized spacial score (nSPS) is 15.7. The monoisotopic (exact) mass is 337 g/mol. The molecule has 0 saturated carbocycles. The minimum Gasteiger partial charge on any atom is -0.346 e. The van der Waals surface area contributed by atoms with Crippen molar-refractivity contribution < 1.29 is 22.3 Å². The van der Waals surface area contributed by atoms with Crippen LogP contribution in [-0.2, 0) is 25.2 Å². The van der Waals surface area contributed by atoms with Crippen LogP contribution in [0, 0.1) is 5.82 Å². The summed E-state index contributed by atoms with van der Waals surface area (Å²) >= 11 is 0. The number of hydrogen-bond acceptors (Lipinski definition) is 4. The van der Waals surface area contributed by atoms with Crippen molar-refractivity contribution in [1.82, 2.24) is 0 Å². The van der Waals surface area contributed by atoms with Gasteiger partial charge in [-0.15, -0.1) is 0 Å². The second kappa shape index (κ2) is 6.66. The Bertz CT molecular complexity index is 754. The lowest BCUT2D eigenvalue weighted by atomic mass is 10.2. The summed E-state index contributed by atoms with van der Waals surface area (Å²) in [4.78, 5) is 0. The molecule has 3 rings (SSSR count). The maximum atomic E-state index is 12.8. The van der Waals surface area contributed by atoms with Gasteiger partial charge in [-0.05, 0) is 29.8 Å². The topological polar surface area (TPSA) is 64.6 Å². The minimum absolute atomic E-state index is 0.218. The van der Waals surface area contributed by atoms with Gasteiger partial charge >= 0.3 is 0 Å². The van der Waals surface area contributed by atoms with Crippen LogP contribution in [0.3, 0.4) is 0 Å². The number of benzene rings is 2. The van der Waals surface area contributed by atoms with Gasteiger partial charge in [-0.1, -0.05) is 24.3 Å². The molecule has 122 valence electrons. The van der Waals surface area contributed by atoms with E-state index >= 15 is 0 Å². The van der Waals surface area contributed by atoms with E-state index in [4.69, 9.17) is 9.47 Å². The Kier molecular flexibility index (Phi) is 4.61. The number of sulfonamides is 1. The van der Waals surface area contributed by atoms with Gasteiger partial charge in [-0.25, -0.2) is 12.8 Å². The van der Waals surface area contributed by atoms with Crippen molar-refractivity contribution in [2.45, 2.75) is 12.0 Å². The zero-order valence-corrected chi connectivity index (χ0v) is 13.1. The van der Waals surface area contributed by atoms with Crippen molar-refractivity contribution in [3.8, 4) is 0 Å². The molecule has 1 heterocycles. The molecule has 2 aromatic carbocycles. The Morgan fingerprint density at radius 3 is 2.22 bits per heavy atom. The first-order valence-electron chi connectivity index (χ1n) is 7.10. The molecule has 0 amide bonds. The van der Waals surface area contributed by atoms with Crippen LogP contribution in [0.5, 0.6) is 0 Å². The van der Waals surface area contributed by atoms with Crippen molar-refractivity contribution >= 4 is 15.7 Å². The van der Waals surface area contributed by atoms with Crippen LogP contribution < -0.4 is 4.72 Å². The van der Waals surface area contributed by atoms with Crippen molar-refractivity contribution in [2.75, 3.05) is 17.9 Å². The third-order valence-electron chi connectivity index (χ3n) is 3.35. The van der Waals surface area contributed by atoms with Gasteiger partial charge in [0.05, 0.1) is 19.0 Å². The van der Waals surface area contributed by atoms with E-state index in [1.807, 2.05) is 0 Å². The maximum absolute atomic E-state index is 12.8. The average molecular weight is 337 g/mol. The fraction of sp³-hybridized carbons (Fsp3) is 0.250. The first-order chi connectivity index (χ1) is 11.0. The van der Waals surface area contributed by atoms with Gasteiger partial charge in [0.15, 0.2) is 6.29 Å². The lowest BCUT2D eigenvalue weighted by Gasteiger charge is -2.11. The van der Waals surface area contributed by atoms with Gasteiger partial charge < -0.3 is 9.47 Å². The molecule has 0 aromatic heterocycles. The summed E-state index contributed by atoms with van der Waals surface area (Å²) in [5.74, 6) is -0.616. The number of ether oxygens (including phenoxy) is 2. The molecule has 0 bridgehead atoms. The molecule has 0 aliphatic carbocycles. The number of anilines is 1. The highest BCUT2D eigenvalue weighted by Gasteiger charge is 2.18. The molecule has 1 aliphatic heterocycles. The number of halogens is 1. The van der Waals surface area contributed by atoms with Gasteiger partial charge in [0.1, 0.15) is 5.82 Å². The van der Waals surface area contributed by atoms with Crippen LogP contribution in [-0.4, -0.2) is 21.6 Å². The van der Waals surface area contributed by atoms with Gasteiger partial charge in [-0.2, -0.15) is 0 Å². The lowest BCUT2D eigenvalue weighted by molar-refractivity contribution is -0.0441. The summed E-state index contributed by atoms with van der Waals surface area (Å²) < 4.78 is 50.4. The minimum atomic E-state index is -3.57. The Balaban J connectivity index is 1.66. The number of rotatable bonds is 5. The second-order valence-corrected chi connectivity index (χ2v) is 6.91. The summed E-state index contributed by atoms with van der Waals surface area (Å²) in [6.07, 6.45) is -0.389. The molecule has 1 fully saturated rings. The van der Waals surface area contributed by atoms with Crippen LogP contribution in [0.1, 0.15) is 17.4 Å². The van der Waals surface area contributed by atoms with Crippen molar-refractivity contribution in [3.63, 3.8) is 0 Å². The van der Waals surface area contributed by atoms with E-state index in [0.717, 1.165) is 5.56 Å². The molecule has 1 N–H and O–H groups in total. The molecule has 0 unspecified atom stereocenters. The molecule has 7 heteroatoms. The van der Waals surface area contributed by atoms with Crippen LogP contribution in [0.4, 0.5) is 10.1 Å². The fourth-order valence-corrected chi connectivity index (χ4v) is 3.47. The Labute approximate surface area is 134 Å². The van der Waals surface area contributed by atoms with Crippen molar-refractivity contribution in [3.05, 3.63) is 65.5 Å². The third kappa shape index (κ3) is 4.28. The second-order valence-electron chi connectivity index (χ2n) is 5.18. The average Bonchev–Trinajstić information content (AvgIpc) is 3.04. The summed E-state index contributed by atoms with van der Waals surface area (Å²) in [7, 11) is -3.57. The SMILES string of the molecule is O=S(=O)(Cc1ccc(F)cc1)Nc1ccc(C2OCCO2)cc1. The third-order valence-corrected chi connectivity index (χ3v) is 4.61. The van der Waals surface area contributed by atoms with Crippen molar-refractivity contribution in [1.29, 1.82) is 0 Å². The maximum Gasteiger partial charge on any atom is 0.236 e. The van der Waals surface area contributed by atoms with E-state index in [9.17, 15) is 12.8 Å². The standard InChI is InChI=1S/C16H16FNO4S/c17-14-5-1-12(2-6-14)11-23(19,20)18-15-7-3-13(4-8-15)16-21-9-10-22-16/h1-8,16,18H,9-11H2. The van der Waals surface area contributed by atoms with Gasteiger partial charge in [0.2, 0.25) is 10.0 Å². The Hall–Kier alpha value is -1.96. The summed E-state index contributed by atoms with van der Waals surface area (Å²) in [5, 5.41) is 0. The molecule has 23 heavy (non-hydrogen) atoms. The lowest BCUT2D eigenvalue weighted by Crippen LogP contribution is -2.15. The quantitative estimate of drug-likeness (QED) is 0.911. The summed E-state index contributed by atoms with van der Waals surface area (Å²) in [6, 6.07) is 12.2. The summed E-state index contributed by atoms with van der Waals surface area (Å²) in [5.41, 5.74) is 1.81. The molecular formula is C16H16FNO4S. The zero-order valence-electron chi connectivity index (χ0n) is 12.2. The highest BCUT2D eigenvalue weighted by molar-refractivity contribution is 7.91. The van der Waals surface area contributed by atoms with Crippen LogP contribution >= 0.6 is 0 Å². The van der Waals surface area contributed by atoms with Crippen molar-refractivity contribution in [2.24, 2.45) is 0 Å². The first kappa shape index (κ1) is 15.9. The van der Waals surface area contributed by atoms with Gasteiger partial charge in [-0.3, -0.25) is 4.72 Å². The van der Waals surface area contributed by atoms with E-state index in [1.54, 1.807) is 24.3 Å². The molecule has 1 aliphatic rings. The van der Waals surface area contributed by atoms with Gasteiger partial charge in [0.25, 0.3) is 0 Å². The number of nitrogens with one attached hydrogen (secondary N) is 1. The molecule has 0 radical (unpaired) electrons. The summed E-state index contributed by atoms with van der Waals surface area (Å²) in [6.45, 7) is 1.10. The van der Waals surface area contributed by atoms with Gasteiger partial charge in [0, 0.05) is 11.3 Å². The predicted molar refractivity (Wildman–Crippen MR) is 83.7 cm³/mol. The molecule has 2 aromatic rings. The zero-order chi connectivity index (χ0) is 16.3. The predicted octanol–water partition coefficient (Wildman–Crippen LogP) is 2.81. The van der Waals surface area contributed by atoms with Crippen LogP contribution in [0.2, 0.25) is 0 Å². The van der Waals surface area contributed by atoms with E-state index in [-0.39, 0.29) is 12.0 Å². The Morgan fingerprint density at radius 2 is 1.61 bits per heavy atom. The van der Waals surface area contributed by atoms with E-state index in [1.165, 1.54) is 24.3 Å².